The van der Waals surface area contributed by atoms with Crippen LogP contribution in [0.2, 0.25) is 10.0 Å². The molecule has 0 aliphatic heterocycles. The molecule has 146 valence electrons. The topological polar surface area (TPSA) is 62.7 Å². The summed E-state index contributed by atoms with van der Waals surface area (Å²) in [6, 6.07) is 20.6. The monoisotopic (exact) mass is 443 g/mol. The van der Waals surface area contributed by atoms with Crippen LogP contribution in [0.25, 0.3) is 0 Å². The Kier molecular flexibility index (Phi) is 7.19. The molecule has 3 rings (SSSR count). The van der Waals surface area contributed by atoms with Gasteiger partial charge in [-0.15, -0.1) is 0 Å². The zero-order valence-electron chi connectivity index (χ0n) is 14.9. The van der Waals surface area contributed by atoms with Gasteiger partial charge in [-0.05, 0) is 72.4 Å². The Hall–Kier alpha value is -2.93. The van der Waals surface area contributed by atoms with Gasteiger partial charge in [0.05, 0.1) is 11.8 Å². The number of thiocarbonyl (C=S) groups is 1. The lowest BCUT2D eigenvalue weighted by atomic mass is 10.2. The zero-order chi connectivity index (χ0) is 20.6. The number of hydrogen-bond donors (Lipinski definition) is 2. The van der Waals surface area contributed by atoms with E-state index in [4.69, 9.17) is 40.2 Å². The van der Waals surface area contributed by atoms with Crippen LogP contribution < -0.4 is 15.5 Å². The Bertz CT molecular complexity index is 1060. The standard InChI is InChI=1S/C21H15Cl2N3O2S/c22-16-9-7-15(8-10-16)20(27)28-19-6-1-3-14(11-19)13-24-26-21(29)25-18-5-2-4-17(23)12-18/h1-13H,(H2,25,26,29). The second-order valence-electron chi connectivity index (χ2n) is 5.80. The summed E-state index contributed by atoms with van der Waals surface area (Å²) in [6.45, 7) is 0. The third-order valence-electron chi connectivity index (χ3n) is 3.61. The van der Waals surface area contributed by atoms with Gasteiger partial charge in [-0.3, -0.25) is 5.43 Å². The Morgan fingerprint density at radius 3 is 2.48 bits per heavy atom. The summed E-state index contributed by atoms with van der Waals surface area (Å²) in [5, 5.41) is 8.52. The van der Waals surface area contributed by atoms with Gasteiger partial charge in [0.2, 0.25) is 0 Å². The second kappa shape index (κ2) is 10.0. The first-order valence-corrected chi connectivity index (χ1v) is 9.59. The van der Waals surface area contributed by atoms with Crippen LogP contribution in [-0.4, -0.2) is 17.3 Å². The van der Waals surface area contributed by atoms with E-state index in [1.807, 2.05) is 18.2 Å². The number of nitrogens with one attached hydrogen (secondary N) is 2. The molecule has 3 aromatic carbocycles. The fourth-order valence-corrected chi connectivity index (χ4v) is 2.79. The number of benzene rings is 3. The molecule has 0 heterocycles. The summed E-state index contributed by atoms with van der Waals surface area (Å²) in [4.78, 5) is 12.2. The lowest BCUT2D eigenvalue weighted by molar-refractivity contribution is 0.0735. The highest BCUT2D eigenvalue weighted by Gasteiger charge is 2.08. The Labute approximate surface area is 183 Å². The minimum atomic E-state index is -0.471. The van der Waals surface area contributed by atoms with E-state index in [-0.39, 0.29) is 0 Å². The molecule has 2 N–H and O–H groups in total. The first-order valence-electron chi connectivity index (χ1n) is 8.43. The summed E-state index contributed by atoms with van der Waals surface area (Å²) in [5.74, 6) is -0.0747. The molecule has 0 aliphatic rings. The Balaban J connectivity index is 1.57. The maximum Gasteiger partial charge on any atom is 0.343 e. The number of halogens is 2. The van der Waals surface area contributed by atoms with E-state index < -0.39 is 5.97 Å². The number of esters is 1. The number of ether oxygens (including phenoxy) is 1. The van der Waals surface area contributed by atoms with Crippen LogP contribution in [0.1, 0.15) is 15.9 Å². The molecule has 0 radical (unpaired) electrons. The van der Waals surface area contributed by atoms with E-state index in [9.17, 15) is 4.79 Å². The minimum absolute atomic E-state index is 0.314. The van der Waals surface area contributed by atoms with Crippen molar-refractivity contribution in [2.75, 3.05) is 5.32 Å². The quantitative estimate of drug-likeness (QED) is 0.178. The van der Waals surface area contributed by atoms with Gasteiger partial charge >= 0.3 is 5.97 Å². The van der Waals surface area contributed by atoms with Gasteiger partial charge in [0.1, 0.15) is 5.75 Å². The van der Waals surface area contributed by atoms with Gasteiger partial charge < -0.3 is 10.1 Å². The number of carbonyl (C=O) groups excluding carboxylic acids is 1. The number of hydrazone groups is 1. The fourth-order valence-electron chi connectivity index (χ4n) is 2.30. The zero-order valence-corrected chi connectivity index (χ0v) is 17.3. The summed E-state index contributed by atoms with van der Waals surface area (Å²) < 4.78 is 5.38. The number of nitrogens with zero attached hydrogens (tertiary/aromatic N) is 1. The molecule has 0 aliphatic carbocycles. The highest BCUT2D eigenvalue weighted by Crippen LogP contribution is 2.16. The molecule has 0 bridgehead atoms. The van der Waals surface area contributed by atoms with Crippen LogP contribution in [0.4, 0.5) is 5.69 Å². The lowest BCUT2D eigenvalue weighted by Crippen LogP contribution is -2.23. The van der Waals surface area contributed by atoms with Gasteiger partial charge in [-0.2, -0.15) is 5.10 Å². The van der Waals surface area contributed by atoms with E-state index in [2.05, 4.69) is 15.8 Å². The average molecular weight is 444 g/mol. The number of carbonyl (C=O) groups is 1. The van der Waals surface area contributed by atoms with E-state index >= 15 is 0 Å². The predicted octanol–water partition coefficient (Wildman–Crippen LogP) is 5.53. The molecule has 0 atom stereocenters. The van der Waals surface area contributed by atoms with Crippen molar-refractivity contribution in [1.82, 2.24) is 5.43 Å². The van der Waals surface area contributed by atoms with Crippen LogP contribution in [0.3, 0.4) is 0 Å². The Morgan fingerprint density at radius 2 is 1.72 bits per heavy atom. The number of rotatable bonds is 5. The molecule has 0 unspecified atom stereocenters. The first kappa shape index (κ1) is 20.8. The highest BCUT2D eigenvalue weighted by molar-refractivity contribution is 7.80. The van der Waals surface area contributed by atoms with Gasteiger partial charge in [0.15, 0.2) is 5.11 Å². The van der Waals surface area contributed by atoms with Crippen molar-refractivity contribution in [2.45, 2.75) is 0 Å². The molecule has 3 aromatic rings. The number of anilines is 1. The van der Waals surface area contributed by atoms with Crippen molar-refractivity contribution in [3.05, 3.63) is 94.0 Å². The van der Waals surface area contributed by atoms with Crippen LogP contribution in [0.15, 0.2) is 77.9 Å². The van der Waals surface area contributed by atoms with Gasteiger partial charge in [-0.25, -0.2) is 4.79 Å². The van der Waals surface area contributed by atoms with Crippen molar-refractivity contribution < 1.29 is 9.53 Å². The summed E-state index contributed by atoms with van der Waals surface area (Å²) in [6.07, 6.45) is 1.56. The molecule has 0 aromatic heterocycles. The summed E-state index contributed by atoms with van der Waals surface area (Å²) >= 11 is 16.9. The first-order chi connectivity index (χ1) is 14.0. The van der Waals surface area contributed by atoms with E-state index in [0.29, 0.717) is 26.5 Å². The molecule has 0 amide bonds. The molecule has 0 spiro atoms. The number of hydrogen-bond acceptors (Lipinski definition) is 4. The second-order valence-corrected chi connectivity index (χ2v) is 7.08. The highest BCUT2D eigenvalue weighted by atomic mass is 35.5. The van der Waals surface area contributed by atoms with Gasteiger partial charge in [0, 0.05) is 15.7 Å². The predicted molar refractivity (Wildman–Crippen MR) is 121 cm³/mol. The van der Waals surface area contributed by atoms with E-state index in [1.54, 1.807) is 60.8 Å². The van der Waals surface area contributed by atoms with Crippen molar-refractivity contribution >= 4 is 58.4 Å². The third kappa shape index (κ3) is 6.57. The van der Waals surface area contributed by atoms with Crippen LogP contribution >= 0.6 is 35.4 Å². The van der Waals surface area contributed by atoms with Gasteiger partial charge in [0.25, 0.3) is 0 Å². The average Bonchev–Trinajstić information content (AvgIpc) is 2.69. The molecule has 0 fully saturated rings. The molecule has 8 heteroatoms. The van der Waals surface area contributed by atoms with Crippen LogP contribution in [0.5, 0.6) is 5.75 Å². The normalized spacial score (nSPS) is 10.6. The van der Waals surface area contributed by atoms with Crippen molar-refractivity contribution in [3.63, 3.8) is 0 Å². The van der Waals surface area contributed by atoms with Crippen molar-refractivity contribution in [3.8, 4) is 5.75 Å². The molecular weight excluding hydrogens is 429 g/mol. The van der Waals surface area contributed by atoms with E-state index in [1.165, 1.54) is 0 Å². The fraction of sp³-hybridized carbons (Fsp3) is 0. The largest absolute Gasteiger partial charge is 0.423 e. The van der Waals surface area contributed by atoms with Crippen LogP contribution in [-0.2, 0) is 0 Å². The molecule has 0 saturated carbocycles. The van der Waals surface area contributed by atoms with Gasteiger partial charge in [-0.1, -0.05) is 41.4 Å². The maximum absolute atomic E-state index is 12.2. The lowest BCUT2D eigenvalue weighted by Gasteiger charge is -2.07. The molecule has 5 nitrogen and oxygen atoms in total. The minimum Gasteiger partial charge on any atom is -0.423 e. The Morgan fingerprint density at radius 1 is 0.966 bits per heavy atom. The molecule has 0 saturated heterocycles. The summed E-state index contributed by atoms with van der Waals surface area (Å²) in [5.41, 5.74) is 4.60. The SMILES string of the molecule is O=C(Oc1cccc(C=NNC(=S)Nc2cccc(Cl)c2)c1)c1ccc(Cl)cc1. The maximum atomic E-state index is 12.2. The summed E-state index contributed by atoms with van der Waals surface area (Å²) in [7, 11) is 0. The van der Waals surface area contributed by atoms with Crippen molar-refractivity contribution in [2.24, 2.45) is 5.10 Å². The molecular formula is C21H15Cl2N3O2S. The smallest absolute Gasteiger partial charge is 0.343 e. The van der Waals surface area contributed by atoms with E-state index in [0.717, 1.165) is 11.3 Å². The van der Waals surface area contributed by atoms with Crippen molar-refractivity contribution in [1.29, 1.82) is 0 Å². The van der Waals surface area contributed by atoms with Crippen LogP contribution in [0, 0.1) is 0 Å². The third-order valence-corrected chi connectivity index (χ3v) is 4.29. The molecule has 29 heavy (non-hydrogen) atoms.